The Balaban J connectivity index is 2.16. The molecule has 4 heteroatoms. The molecule has 1 heterocycles. The largest absolute Gasteiger partial charge is 0.398 e. The van der Waals surface area contributed by atoms with Gasteiger partial charge in [0.25, 0.3) is 0 Å². The SMILES string of the molecule is CCCCCCN1NCC(N)=C1N. The first kappa shape index (κ1) is 10.2. The molecule has 0 saturated heterocycles. The minimum atomic E-state index is 0.694. The monoisotopic (exact) mass is 184 g/mol. The van der Waals surface area contributed by atoms with E-state index in [0.717, 1.165) is 12.2 Å². The predicted octanol–water partition coefficient (Wildman–Crippen LogP) is 0.473. The van der Waals surface area contributed by atoms with E-state index in [-0.39, 0.29) is 0 Å². The van der Waals surface area contributed by atoms with Crippen molar-refractivity contribution in [3.05, 3.63) is 11.5 Å². The molecule has 0 amide bonds. The van der Waals surface area contributed by atoms with Gasteiger partial charge in [0.15, 0.2) is 0 Å². The second-order valence-electron chi connectivity index (χ2n) is 3.46. The summed E-state index contributed by atoms with van der Waals surface area (Å²) < 4.78 is 0. The first-order valence-electron chi connectivity index (χ1n) is 5.01. The van der Waals surface area contributed by atoms with Gasteiger partial charge in [0, 0.05) is 6.54 Å². The summed E-state index contributed by atoms with van der Waals surface area (Å²) in [5, 5.41) is 1.95. The third-order valence-electron chi connectivity index (χ3n) is 2.32. The molecule has 0 spiro atoms. The van der Waals surface area contributed by atoms with Crippen molar-refractivity contribution < 1.29 is 0 Å². The number of nitrogens with two attached hydrogens (primary N) is 2. The Morgan fingerprint density at radius 1 is 1.31 bits per heavy atom. The molecular formula is C9H20N4. The van der Waals surface area contributed by atoms with Crippen molar-refractivity contribution in [1.82, 2.24) is 10.4 Å². The topological polar surface area (TPSA) is 67.3 Å². The fourth-order valence-electron chi connectivity index (χ4n) is 1.43. The molecule has 5 N–H and O–H groups in total. The Hall–Kier alpha value is -0.900. The molecule has 0 unspecified atom stereocenters. The normalized spacial score (nSPS) is 17.2. The van der Waals surface area contributed by atoms with E-state index in [4.69, 9.17) is 11.5 Å². The van der Waals surface area contributed by atoms with Gasteiger partial charge in [0.1, 0.15) is 5.82 Å². The molecule has 4 nitrogen and oxygen atoms in total. The van der Waals surface area contributed by atoms with Crippen LogP contribution in [0, 0.1) is 0 Å². The van der Waals surface area contributed by atoms with Crippen LogP contribution >= 0.6 is 0 Å². The minimum Gasteiger partial charge on any atom is -0.398 e. The zero-order valence-corrected chi connectivity index (χ0v) is 8.34. The van der Waals surface area contributed by atoms with Crippen LogP contribution in [0.3, 0.4) is 0 Å². The standard InChI is InChI=1S/C9H20N4/c1-2-3-4-5-6-13-9(11)8(10)7-12-13/h12H,2-7,10-11H2,1H3. The first-order valence-corrected chi connectivity index (χ1v) is 5.01. The summed E-state index contributed by atoms with van der Waals surface area (Å²) in [5.74, 6) is 0.705. The number of unbranched alkanes of at least 4 members (excludes halogenated alkanes) is 3. The van der Waals surface area contributed by atoms with E-state index in [1.165, 1.54) is 25.7 Å². The van der Waals surface area contributed by atoms with Gasteiger partial charge in [-0.2, -0.15) is 0 Å². The molecule has 13 heavy (non-hydrogen) atoms. The molecule has 0 aromatic heterocycles. The number of hydrogen-bond acceptors (Lipinski definition) is 4. The first-order chi connectivity index (χ1) is 6.25. The molecule has 0 bridgehead atoms. The number of hydrogen-bond donors (Lipinski definition) is 3. The lowest BCUT2D eigenvalue weighted by Crippen LogP contribution is -2.35. The molecule has 0 fully saturated rings. The van der Waals surface area contributed by atoms with Crippen LogP contribution in [0.5, 0.6) is 0 Å². The molecule has 1 aliphatic heterocycles. The molecular weight excluding hydrogens is 164 g/mol. The van der Waals surface area contributed by atoms with Gasteiger partial charge >= 0.3 is 0 Å². The van der Waals surface area contributed by atoms with Crippen molar-refractivity contribution in [3.63, 3.8) is 0 Å². The molecule has 0 atom stereocenters. The van der Waals surface area contributed by atoms with Gasteiger partial charge in [-0.05, 0) is 6.42 Å². The summed E-state index contributed by atoms with van der Waals surface area (Å²) in [4.78, 5) is 0. The summed E-state index contributed by atoms with van der Waals surface area (Å²) in [7, 11) is 0. The van der Waals surface area contributed by atoms with Crippen molar-refractivity contribution in [2.75, 3.05) is 13.1 Å². The zero-order chi connectivity index (χ0) is 9.68. The third-order valence-corrected chi connectivity index (χ3v) is 2.32. The third kappa shape index (κ3) is 2.81. The van der Waals surface area contributed by atoms with E-state index in [0.29, 0.717) is 12.4 Å². The van der Waals surface area contributed by atoms with E-state index in [2.05, 4.69) is 12.3 Å². The Morgan fingerprint density at radius 2 is 2.08 bits per heavy atom. The van der Waals surface area contributed by atoms with Gasteiger partial charge in [-0.15, -0.1) is 0 Å². The highest BCUT2D eigenvalue weighted by molar-refractivity contribution is 5.11. The van der Waals surface area contributed by atoms with Gasteiger partial charge in [0.2, 0.25) is 0 Å². The van der Waals surface area contributed by atoms with Gasteiger partial charge in [-0.1, -0.05) is 26.2 Å². The zero-order valence-electron chi connectivity index (χ0n) is 8.34. The molecule has 0 saturated carbocycles. The smallest absolute Gasteiger partial charge is 0.134 e. The van der Waals surface area contributed by atoms with Crippen LogP contribution in [0.1, 0.15) is 32.6 Å². The molecule has 0 aliphatic carbocycles. The second-order valence-corrected chi connectivity index (χ2v) is 3.46. The van der Waals surface area contributed by atoms with Crippen LogP contribution in [0.15, 0.2) is 11.5 Å². The van der Waals surface area contributed by atoms with Crippen molar-refractivity contribution in [3.8, 4) is 0 Å². The van der Waals surface area contributed by atoms with E-state index in [1.807, 2.05) is 5.01 Å². The fraction of sp³-hybridized carbons (Fsp3) is 0.778. The molecule has 76 valence electrons. The lowest BCUT2D eigenvalue weighted by atomic mass is 10.2. The van der Waals surface area contributed by atoms with Gasteiger partial charge in [-0.25, -0.2) is 5.43 Å². The van der Waals surface area contributed by atoms with Crippen LogP contribution in [0.4, 0.5) is 0 Å². The Labute approximate surface area is 79.9 Å². The minimum absolute atomic E-state index is 0.694. The molecule has 0 aromatic rings. The highest BCUT2D eigenvalue weighted by atomic mass is 15.6. The Bertz CT molecular complexity index is 188. The maximum absolute atomic E-state index is 5.76. The average molecular weight is 184 g/mol. The highest BCUT2D eigenvalue weighted by Crippen LogP contribution is 2.07. The Kier molecular flexibility index (Phi) is 3.89. The van der Waals surface area contributed by atoms with Crippen molar-refractivity contribution in [2.24, 2.45) is 11.5 Å². The average Bonchev–Trinajstić information content (AvgIpc) is 2.43. The van der Waals surface area contributed by atoms with Gasteiger partial charge in [-0.3, -0.25) is 5.01 Å². The van der Waals surface area contributed by atoms with Gasteiger partial charge < -0.3 is 11.5 Å². The van der Waals surface area contributed by atoms with E-state index < -0.39 is 0 Å². The number of nitrogens with one attached hydrogen (secondary N) is 1. The van der Waals surface area contributed by atoms with Crippen molar-refractivity contribution in [2.45, 2.75) is 32.6 Å². The molecule has 1 aliphatic rings. The van der Waals surface area contributed by atoms with Crippen LogP contribution in [0.25, 0.3) is 0 Å². The van der Waals surface area contributed by atoms with E-state index >= 15 is 0 Å². The molecule has 0 aromatic carbocycles. The van der Waals surface area contributed by atoms with E-state index in [9.17, 15) is 0 Å². The van der Waals surface area contributed by atoms with Crippen LogP contribution in [0.2, 0.25) is 0 Å². The van der Waals surface area contributed by atoms with Crippen molar-refractivity contribution >= 4 is 0 Å². The number of nitrogens with zero attached hydrogens (tertiary/aromatic N) is 1. The molecule has 1 rings (SSSR count). The maximum Gasteiger partial charge on any atom is 0.134 e. The quantitative estimate of drug-likeness (QED) is 0.543. The highest BCUT2D eigenvalue weighted by Gasteiger charge is 2.15. The fourth-order valence-corrected chi connectivity index (χ4v) is 1.43. The summed E-state index contributed by atoms with van der Waals surface area (Å²) in [6.07, 6.45) is 5.00. The Morgan fingerprint density at radius 3 is 2.62 bits per heavy atom. The summed E-state index contributed by atoms with van der Waals surface area (Å²) in [6.45, 7) is 3.87. The van der Waals surface area contributed by atoms with Crippen LogP contribution < -0.4 is 16.9 Å². The summed E-state index contributed by atoms with van der Waals surface area (Å²) >= 11 is 0. The lowest BCUT2D eigenvalue weighted by molar-refractivity contribution is 0.272. The summed E-state index contributed by atoms with van der Waals surface area (Å²) in [5.41, 5.74) is 15.3. The van der Waals surface area contributed by atoms with E-state index in [1.54, 1.807) is 0 Å². The lowest BCUT2D eigenvalue weighted by Gasteiger charge is -2.18. The predicted molar refractivity (Wildman–Crippen MR) is 54.3 cm³/mol. The summed E-state index contributed by atoms with van der Waals surface area (Å²) in [6, 6.07) is 0. The maximum atomic E-state index is 5.76. The second kappa shape index (κ2) is 4.97. The van der Waals surface area contributed by atoms with Gasteiger partial charge in [0.05, 0.1) is 12.2 Å². The van der Waals surface area contributed by atoms with Crippen LogP contribution in [-0.4, -0.2) is 18.1 Å². The molecule has 0 radical (unpaired) electrons. The van der Waals surface area contributed by atoms with Crippen molar-refractivity contribution in [1.29, 1.82) is 0 Å². The van der Waals surface area contributed by atoms with Crippen LogP contribution in [-0.2, 0) is 0 Å². The number of hydrazine groups is 1. The number of rotatable bonds is 5.